The zero-order chi connectivity index (χ0) is 23.3. The van der Waals surface area contributed by atoms with Crippen LogP contribution >= 0.6 is 0 Å². The Morgan fingerprint density at radius 1 is 0.793 bits per heavy atom. The van der Waals surface area contributed by atoms with Crippen molar-refractivity contribution < 1.29 is 17.5 Å². The number of hydrogen-bond acceptors (Lipinski definition) is 6. The maximum atomic E-state index is 8.74. The van der Waals surface area contributed by atoms with Crippen LogP contribution in [0.5, 0.6) is 0 Å². The summed E-state index contributed by atoms with van der Waals surface area (Å²) < 4.78 is 31.6. The van der Waals surface area contributed by atoms with Gasteiger partial charge in [-0.2, -0.15) is 8.42 Å². The van der Waals surface area contributed by atoms with Gasteiger partial charge in [-0.25, -0.2) is 0 Å². The van der Waals surface area contributed by atoms with Gasteiger partial charge in [0.1, 0.15) is 0 Å². The highest BCUT2D eigenvalue weighted by Crippen LogP contribution is 1.93. The van der Waals surface area contributed by atoms with E-state index in [1.165, 1.54) is 0 Å². The van der Waals surface area contributed by atoms with Crippen LogP contribution in [0.2, 0.25) is 0 Å². The number of nitrogens with zero attached hydrogens (tertiary/aromatic N) is 2. The topological polar surface area (TPSA) is 275 Å². The first-order chi connectivity index (χ1) is 13.3. The van der Waals surface area contributed by atoms with Gasteiger partial charge in [0, 0.05) is 13.1 Å². The van der Waals surface area contributed by atoms with Crippen LogP contribution < -0.4 is 33.6 Å². The van der Waals surface area contributed by atoms with Gasteiger partial charge in [0.15, 0.2) is 23.8 Å². The minimum atomic E-state index is -4.67. The summed E-state index contributed by atoms with van der Waals surface area (Å²) in [6.07, 6.45) is 6.67. The summed E-state index contributed by atoms with van der Waals surface area (Å²) in [5, 5.41) is 18.5. The second kappa shape index (κ2) is 20.1. The van der Waals surface area contributed by atoms with Gasteiger partial charge in [0.05, 0.1) is 0 Å². The molecule has 14 N–H and O–H groups in total. The highest BCUT2D eigenvalue weighted by molar-refractivity contribution is 7.79. The van der Waals surface area contributed by atoms with Gasteiger partial charge in [0.25, 0.3) is 0 Å². The normalized spacial score (nSPS) is 11.3. The van der Waals surface area contributed by atoms with E-state index in [2.05, 4.69) is 34.5 Å². The van der Waals surface area contributed by atoms with Crippen molar-refractivity contribution in [2.75, 3.05) is 13.1 Å². The third-order valence-electron chi connectivity index (χ3n) is 2.61. The zero-order valence-electron chi connectivity index (χ0n) is 17.0. The number of guanidine groups is 4. The van der Waals surface area contributed by atoms with E-state index in [0.29, 0.717) is 13.1 Å². The molecule has 14 nitrogen and oxygen atoms in total. The molecule has 0 aromatic carbocycles. The molecular weight excluding hydrogens is 404 g/mol. The monoisotopic (exact) mass is 440 g/mol. The minimum absolute atomic E-state index is 0.174. The van der Waals surface area contributed by atoms with Crippen molar-refractivity contribution in [2.24, 2.45) is 32.9 Å². The highest BCUT2D eigenvalue weighted by atomic mass is 32.3. The van der Waals surface area contributed by atoms with E-state index in [1.54, 1.807) is 0 Å². The molecule has 0 aliphatic carbocycles. The van der Waals surface area contributed by atoms with E-state index >= 15 is 0 Å². The van der Waals surface area contributed by atoms with Gasteiger partial charge in [0.2, 0.25) is 0 Å². The molecular formula is C14H36N10O4S. The number of aliphatic imine (C=N–C) groups is 2. The van der Waals surface area contributed by atoms with Crippen LogP contribution in [0, 0.1) is 10.8 Å². The molecule has 172 valence electrons. The summed E-state index contributed by atoms with van der Waals surface area (Å²) >= 11 is 0. The third-order valence-corrected chi connectivity index (χ3v) is 2.61. The van der Waals surface area contributed by atoms with E-state index < -0.39 is 10.4 Å². The van der Waals surface area contributed by atoms with Gasteiger partial charge in [-0.05, 0) is 12.8 Å². The molecule has 0 rings (SSSR count). The quantitative estimate of drug-likeness (QED) is 0.0979. The Hall–Kier alpha value is -2.65. The summed E-state index contributed by atoms with van der Waals surface area (Å²) in [6.45, 7) is 5.64. The molecule has 0 spiro atoms. The number of nitrogens with two attached hydrogens (primary N) is 4. The number of hydrogen-bond donors (Lipinski definition) is 10. The molecule has 0 bridgehead atoms. The molecule has 0 fully saturated rings. The molecule has 0 amide bonds. The fourth-order valence-corrected chi connectivity index (χ4v) is 1.48. The summed E-state index contributed by atoms with van der Waals surface area (Å²) in [4.78, 5) is 7.93. The SMILES string of the molecule is CCCCCN=C(N)NC(=N)N.CCCCCN=C(N)NC(=N)N.O=S(=O)(O)O. The Bertz CT molecular complexity index is 562. The molecule has 29 heavy (non-hydrogen) atoms. The molecule has 0 atom stereocenters. The summed E-state index contributed by atoms with van der Waals surface area (Å²) in [5.74, 6) is 0.0932. The fourth-order valence-electron chi connectivity index (χ4n) is 1.48. The fraction of sp³-hybridized carbons (Fsp3) is 0.714. The highest BCUT2D eigenvalue weighted by Gasteiger charge is 1.92. The molecule has 0 radical (unpaired) electrons. The number of unbranched alkanes of at least 4 members (excludes halogenated alkanes) is 4. The zero-order valence-corrected chi connectivity index (χ0v) is 17.8. The Morgan fingerprint density at radius 3 is 1.28 bits per heavy atom. The Morgan fingerprint density at radius 2 is 1.07 bits per heavy atom. The van der Waals surface area contributed by atoms with Gasteiger partial charge in [-0.3, -0.25) is 40.5 Å². The molecule has 0 aromatic rings. The Kier molecular flexibility index (Phi) is 21.5. The van der Waals surface area contributed by atoms with E-state index in [1.807, 2.05) is 0 Å². The lowest BCUT2D eigenvalue weighted by atomic mass is 10.2. The molecule has 0 heterocycles. The summed E-state index contributed by atoms with van der Waals surface area (Å²) in [6, 6.07) is 0. The molecule has 0 aromatic heterocycles. The average Bonchev–Trinajstić information content (AvgIpc) is 2.53. The van der Waals surface area contributed by atoms with Crippen LogP contribution in [-0.2, 0) is 10.4 Å². The van der Waals surface area contributed by atoms with E-state index in [9.17, 15) is 0 Å². The predicted molar refractivity (Wildman–Crippen MR) is 116 cm³/mol. The largest absolute Gasteiger partial charge is 0.394 e. The lowest BCUT2D eigenvalue weighted by molar-refractivity contribution is 0.381. The average molecular weight is 441 g/mol. The smallest absolute Gasteiger partial charge is 0.370 e. The Labute approximate surface area is 172 Å². The van der Waals surface area contributed by atoms with Gasteiger partial charge < -0.3 is 22.9 Å². The number of nitrogens with one attached hydrogen (secondary N) is 4. The van der Waals surface area contributed by atoms with Crippen molar-refractivity contribution in [3.63, 3.8) is 0 Å². The molecule has 0 unspecified atom stereocenters. The summed E-state index contributed by atoms with van der Waals surface area (Å²) in [7, 11) is -4.67. The molecule has 0 saturated heterocycles. The van der Waals surface area contributed by atoms with Crippen molar-refractivity contribution in [3.8, 4) is 0 Å². The van der Waals surface area contributed by atoms with Gasteiger partial charge in [-0.1, -0.05) is 39.5 Å². The van der Waals surface area contributed by atoms with Crippen molar-refractivity contribution in [3.05, 3.63) is 0 Å². The molecule has 0 saturated carbocycles. The van der Waals surface area contributed by atoms with Crippen LogP contribution in [0.15, 0.2) is 9.98 Å². The second-order valence-corrected chi connectivity index (χ2v) is 6.37. The van der Waals surface area contributed by atoms with Crippen molar-refractivity contribution in [2.45, 2.75) is 52.4 Å². The number of rotatable bonds is 8. The maximum Gasteiger partial charge on any atom is 0.394 e. The molecule has 0 aliphatic rings. The standard InChI is InChI=1S/2C7H17N5.H2O4S/c2*1-2-3-4-5-11-7(10)12-6(8)9;1-5(2,3)4/h2*2-5H2,1H3,(H6,8,9,10,11,12);(H2,1,2,3,4). The van der Waals surface area contributed by atoms with Crippen molar-refractivity contribution in [1.82, 2.24) is 10.6 Å². The molecule has 15 heteroatoms. The van der Waals surface area contributed by atoms with E-state index in [0.717, 1.165) is 38.5 Å². The first-order valence-electron chi connectivity index (χ1n) is 8.85. The first kappa shape index (κ1) is 31.1. The Balaban J connectivity index is -0.000000380. The van der Waals surface area contributed by atoms with Crippen LogP contribution in [0.25, 0.3) is 0 Å². The predicted octanol–water partition coefficient (Wildman–Crippen LogP) is -0.704. The van der Waals surface area contributed by atoms with Crippen LogP contribution in [0.3, 0.4) is 0 Å². The lowest BCUT2D eigenvalue weighted by Gasteiger charge is -2.01. The lowest BCUT2D eigenvalue weighted by Crippen LogP contribution is -2.40. The van der Waals surface area contributed by atoms with Crippen LogP contribution in [-0.4, -0.2) is 54.5 Å². The van der Waals surface area contributed by atoms with Crippen molar-refractivity contribution in [1.29, 1.82) is 10.8 Å². The van der Waals surface area contributed by atoms with Gasteiger partial charge in [-0.15, -0.1) is 0 Å². The van der Waals surface area contributed by atoms with Crippen LogP contribution in [0.4, 0.5) is 0 Å². The maximum absolute atomic E-state index is 8.74. The van der Waals surface area contributed by atoms with Gasteiger partial charge >= 0.3 is 10.4 Å². The third kappa shape index (κ3) is 45.9. The van der Waals surface area contributed by atoms with Crippen molar-refractivity contribution >= 4 is 34.2 Å². The van der Waals surface area contributed by atoms with Crippen LogP contribution in [0.1, 0.15) is 52.4 Å². The minimum Gasteiger partial charge on any atom is -0.370 e. The van der Waals surface area contributed by atoms with E-state index in [-0.39, 0.29) is 23.8 Å². The first-order valence-corrected chi connectivity index (χ1v) is 10.2. The summed E-state index contributed by atoms with van der Waals surface area (Å²) in [5.41, 5.74) is 20.8. The van der Waals surface area contributed by atoms with E-state index in [4.69, 9.17) is 51.3 Å². The molecule has 0 aliphatic heterocycles. The second-order valence-electron chi connectivity index (χ2n) is 5.47.